The van der Waals surface area contributed by atoms with Crippen molar-refractivity contribution in [2.45, 2.75) is 37.3 Å². The van der Waals surface area contributed by atoms with Gasteiger partial charge in [-0.05, 0) is 12.8 Å². The van der Waals surface area contributed by atoms with Gasteiger partial charge in [-0.2, -0.15) is 0 Å². The van der Waals surface area contributed by atoms with Gasteiger partial charge in [-0.1, -0.05) is 0 Å². The lowest BCUT2D eigenvalue weighted by molar-refractivity contribution is -0.0811. The number of aromatic nitrogens is 1. The van der Waals surface area contributed by atoms with Crippen molar-refractivity contribution in [2.75, 3.05) is 30.3 Å². The summed E-state index contributed by atoms with van der Waals surface area (Å²) in [4.78, 5) is 25.4. The fourth-order valence-corrected chi connectivity index (χ4v) is 4.85. The van der Waals surface area contributed by atoms with E-state index in [1.165, 1.54) is 9.47 Å². The fourth-order valence-electron chi connectivity index (χ4n) is 4.85. The van der Waals surface area contributed by atoms with E-state index in [4.69, 9.17) is 5.73 Å². The van der Waals surface area contributed by atoms with Crippen LogP contribution in [0.2, 0.25) is 0 Å². The van der Waals surface area contributed by atoms with Crippen LogP contribution < -0.4 is 21.4 Å². The highest BCUT2D eigenvalue weighted by Gasteiger charge is 2.52. The minimum absolute atomic E-state index is 0.0418. The lowest BCUT2D eigenvalue weighted by Crippen LogP contribution is -2.51. The van der Waals surface area contributed by atoms with E-state index >= 15 is 8.78 Å². The zero-order chi connectivity index (χ0) is 22.2. The largest absolute Gasteiger partial charge is 0.477 e. The van der Waals surface area contributed by atoms with Gasteiger partial charge in [-0.3, -0.25) is 4.79 Å². The van der Waals surface area contributed by atoms with Gasteiger partial charge >= 0.3 is 5.97 Å². The number of alkyl halides is 2. The molecule has 31 heavy (non-hydrogen) atoms. The van der Waals surface area contributed by atoms with Crippen LogP contribution in [-0.2, 0) is 0 Å². The smallest absolute Gasteiger partial charge is 0.341 e. The Hall–Kier alpha value is -2.82. The molecule has 3 heterocycles. The van der Waals surface area contributed by atoms with Crippen molar-refractivity contribution in [3.63, 3.8) is 0 Å². The molecule has 166 valence electrons. The average molecular weight is 440 g/mol. The van der Waals surface area contributed by atoms with Crippen LogP contribution in [0, 0.1) is 17.6 Å². The van der Waals surface area contributed by atoms with E-state index in [2.05, 4.69) is 5.32 Å². The standard InChI is InChI=1S/C20H20F4N4O3/c21-13-15(25)12-16(28(8-1-2-8)5-9(18(12)29)19(30)31)14(22)17(13)27-6-10-11(7-27)26-4-3-20(10,23)24/h5,8,10-11,26H,1-4,6-7,25H2,(H,30,31). The molecule has 1 aliphatic carbocycles. The topological polar surface area (TPSA) is 101 Å². The van der Waals surface area contributed by atoms with Crippen molar-refractivity contribution in [3.05, 3.63) is 33.6 Å². The SMILES string of the molecule is Nc1c(F)c(N2CC3NCCC(F)(F)C3C2)c(F)c2c1c(=O)c(C(=O)O)cn2C1CC1. The number of rotatable bonds is 3. The molecule has 2 unspecified atom stereocenters. The third-order valence-corrected chi connectivity index (χ3v) is 6.58. The maximum Gasteiger partial charge on any atom is 0.341 e. The molecular formula is C20H20F4N4O3. The van der Waals surface area contributed by atoms with Crippen LogP contribution in [-0.4, -0.2) is 47.2 Å². The van der Waals surface area contributed by atoms with E-state index in [-0.39, 0.29) is 37.6 Å². The van der Waals surface area contributed by atoms with Crippen LogP contribution in [0.3, 0.4) is 0 Å². The summed E-state index contributed by atoms with van der Waals surface area (Å²) in [6.45, 7) is -0.212. The van der Waals surface area contributed by atoms with Crippen molar-refractivity contribution in [1.82, 2.24) is 9.88 Å². The molecular weight excluding hydrogens is 420 g/mol. The minimum Gasteiger partial charge on any atom is -0.477 e. The molecule has 2 aromatic rings. The molecule has 0 amide bonds. The third-order valence-electron chi connectivity index (χ3n) is 6.58. The number of carboxylic acid groups (broad SMARTS) is 1. The Balaban J connectivity index is 1.73. The van der Waals surface area contributed by atoms with Gasteiger partial charge in [0.25, 0.3) is 5.92 Å². The Kier molecular flexibility index (Phi) is 4.27. The van der Waals surface area contributed by atoms with E-state index in [9.17, 15) is 23.5 Å². The number of piperidine rings is 1. The number of nitrogens with zero attached hydrogens (tertiary/aromatic N) is 2. The number of fused-ring (bicyclic) bond motifs is 2. The number of aromatic carboxylic acids is 1. The van der Waals surface area contributed by atoms with Crippen molar-refractivity contribution in [2.24, 2.45) is 5.92 Å². The van der Waals surface area contributed by atoms with Crippen LogP contribution in [0.4, 0.5) is 28.9 Å². The molecule has 5 rings (SSSR count). The highest BCUT2D eigenvalue weighted by Crippen LogP contribution is 2.44. The molecule has 2 atom stereocenters. The van der Waals surface area contributed by atoms with Crippen molar-refractivity contribution < 1.29 is 27.5 Å². The van der Waals surface area contributed by atoms with Gasteiger partial charge in [-0.15, -0.1) is 0 Å². The summed E-state index contributed by atoms with van der Waals surface area (Å²) in [5, 5.41) is 11.8. The van der Waals surface area contributed by atoms with Gasteiger partial charge in [-0.25, -0.2) is 22.4 Å². The first-order chi connectivity index (χ1) is 14.6. The third kappa shape index (κ3) is 2.89. The van der Waals surface area contributed by atoms with Crippen molar-refractivity contribution in [3.8, 4) is 0 Å². The maximum absolute atomic E-state index is 15.7. The molecule has 0 bridgehead atoms. The predicted molar refractivity (Wildman–Crippen MR) is 105 cm³/mol. The van der Waals surface area contributed by atoms with Gasteiger partial charge in [0.05, 0.1) is 22.5 Å². The minimum atomic E-state index is -2.97. The number of benzene rings is 1. The van der Waals surface area contributed by atoms with Crippen LogP contribution in [0.1, 0.15) is 35.7 Å². The van der Waals surface area contributed by atoms with E-state index in [1.807, 2.05) is 0 Å². The van der Waals surface area contributed by atoms with Gasteiger partial charge < -0.3 is 25.6 Å². The summed E-state index contributed by atoms with van der Waals surface area (Å²) in [5.41, 5.74) is 2.64. The first-order valence-corrected chi connectivity index (χ1v) is 10.1. The first-order valence-electron chi connectivity index (χ1n) is 10.1. The van der Waals surface area contributed by atoms with Crippen molar-refractivity contribution >= 4 is 28.2 Å². The summed E-state index contributed by atoms with van der Waals surface area (Å²) >= 11 is 0. The molecule has 3 aliphatic rings. The summed E-state index contributed by atoms with van der Waals surface area (Å²) < 4.78 is 61.0. The Morgan fingerprint density at radius 3 is 2.55 bits per heavy atom. The number of anilines is 2. The number of carboxylic acids is 1. The lowest BCUT2D eigenvalue weighted by Gasteiger charge is -2.33. The molecule has 3 fully saturated rings. The molecule has 11 heteroatoms. The van der Waals surface area contributed by atoms with Crippen LogP contribution in [0.15, 0.2) is 11.0 Å². The van der Waals surface area contributed by atoms with Gasteiger partial charge in [0.15, 0.2) is 11.6 Å². The number of halogens is 4. The number of nitrogen functional groups attached to an aromatic ring is 1. The molecule has 1 saturated carbocycles. The molecule has 1 aromatic heterocycles. The summed E-state index contributed by atoms with van der Waals surface area (Å²) in [6.07, 6.45) is 1.96. The molecule has 2 saturated heterocycles. The zero-order valence-electron chi connectivity index (χ0n) is 16.3. The van der Waals surface area contributed by atoms with E-state index in [0.29, 0.717) is 12.8 Å². The fraction of sp³-hybridized carbons (Fsp3) is 0.500. The average Bonchev–Trinajstić information content (AvgIpc) is 3.44. The quantitative estimate of drug-likeness (QED) is 0.501. The maximum atomic E-state index is 15.7. The normalized spacial score (nSPS) is 25.1. The summed E-state index contributed by atoms with van der Waals surface area (Å²) in [7, 11) is 0. The number of hydrogen-bond donors (Lipinski definition) is 3. The highest BCUT2D eigenvalue weighted by molar-refractivity contribution is 5.99. The second kappa shape index (κ2) is 6.59. The number of carbonyl (C=O) groups is 1. The predicted octanol–water partition coefficient (Wildman–Crippen LogP) is 2.33. The Bertz CT molecular complexity index is 1180. The highest BCUT2D eigenvalue weighted by atomic mass is 19.3. The van der Waals surface area contributed by atoms with Crippen LogP contribution in [0.25, 0.3) is 10.9 Å². The van der Waals surface area contributed by atoms with E-state index < -0.39 is 63.2 Å². The number of nitrogens with two attached hydrogens (primary N) is 1. The monoisotopic (exact) mass is 440 g/mol. The summed E-state index contributed by atoms with van der Waals surface area (Å²) in [6, 6.07) is -0.889. The number of hydrogen-bond acceptors (Lipinski definition) is 5. The Morgan fingerprint density at radius 2 is 1.94 bits per heavy atom. The van der Waals surface area contributed by atoms with Crippen LogP contribution in [0.5, 0.6) is 0 Å². The first kappa shape index (κ1) is 20.1. The number of pyridine rings is 1. The van der Waals surface area contributed by atoms with Gasteiger partial charge in [0.1, 0.15) is 11.3 Å². The van der Waals surface area contributed by atoms with Gasteiger partial charge in [0.2, 0.25) is 5.43 Å². The number of nitrogens with one attached hydrogen (secondary N) is 1. The van der Waals surface area contributed by atoms with Gasteiger partial charge in [0, 0.05) is 44.3 Å². The Labute approximate surface area is 173 Å². The summed E-state index contributed by atoms with van der Waals surface area (Å²) in [5.74, 6) is -7.94. The van der Waals surface area contributed by atoms with Crippen LogP contribution >= 0.6 is 0 Å². The Morgan fingerprint density at radius 1 is 1.23 bits per heavy atom. The lowest BCUT2D eigenvalue weighted by atomic mass is 9.90. The molecule has 0 spiro atoms. The second-order valence-electron chi connectivity index (χ2n) is 8.51. The second-order valence-corrected chi connectivity index (χ2v) is 8.51. The van der Waals surface area contributed by atoms with Crippen molar-refractivity contribution in [1.29, 1.82) is 0 Å². The molecule has 2 aliphatic heterocycles. The zero-order valence-corrected chi connectivity index (χ0v) is 16.3. The molecule has 0 radical (unpaired) electrons. The molecule has 4 N–H and O–H groups in total. The van der Waals surface area contributed by atoms with E-state index in [0.717, 1.165) is 6.20 Å². The molecule has 7 nitrogen and oxygen atoms in total. The molecule has 1 aromatic carbocycles. The van der Waals surface area contributed by atoms with E-state index in [1.54, 1.807) is 0 Å².